The molecule has 1 fully saturated rings. The molecule has 1 N–H and O–H groups in total. The quantitative estimate of drug-likeness (QED) is 0.680. The highest BCUT2D eigenvalue weighted by atomic mass is 19.1. The first-order valence-corrected chi connectivity index (χ1v) is 6.29. The highest BCUT2D eigenvalue weighted by molar-refractivity contribution is 5.93. The Morgan fingerprint density at radius 2 is 2.15 bits per heavy atom. The second-order valence-corrected chi connectivity index (χ2v) is 5.23. The zero-order chi connectivity index (χ0) is 15.0. The summed E-state index contributed by atoms with van der Waals surface area (Å²) in [6.07, 6.45) is 0.874. The van der Waals surface area contributed by atoms with Gasteiger partial charge in [-0.1, -0.05) is 6.92 Å². The lowest BCUT2D eigenvalue weighted by atomic mass is 10.1. The molecule has 0 spiro atoms. The Morgan fingerprint density at radius 3 is 2.60 bits per heavy atom. The minimum absolute atomic E-state index is 0.0719. The first-order chi connectivity index (χ1) is 9.31. The van der Waals surface area contributed by atoms with Crippen LogP contribution in [0.1, 0.15) is 30.6 Å². The Hall–Kier alpha value is -2.18. The maximum Gasteiger partial charge on any atom is 0.342 e. The van der Waals surface area contributed by atoms with Gasteiger partial charge in [0.05, 0.1) is 16.7 Å². The molecule has 0 radical (unpaired) electrons. The average Bonchev–Trinajstić information content (AvgIpc) is 2.67. The van der Waals surface area contributed by atoms with Crippen molar-refractivity contribution in [2.45, 2.75) is 26.3 Å². The van der Waals surface area contributed by atoms with Gasteiger partial charge in [-0.15, -0.1) is 0 Å². The number of rotatable bonds is 3. The highest BCUT2D eigenvalue weighted by Gasteiger charge is 2.31. The Labute approximate surface area is 115 Å². The van der Waals surface area contributed by atoms with E-state index in [1.807, 2.05) is 13.8 Å². The molecule has 1 heterocycles. The van der Waals surface area contributed by atoms with E-state index in [1.165, 1.54) is 0 Å². The molecule has 1 aliphatic rings. The van der Waals surface area contributed by atoms with E-state index in [0.717, 1.165) is 12.5 Å². The van der Waals surface area contributed by atoms with Crippen LogP contribution >= 0.6 is 0 Å². The van der Waals surface area contributed by atoms with Gasteiger partial charge in [0.15, 0.2) is 5.82 Å². The van der Waals surface area contributed by atoms with E-state index in [4.69, 9.17) is 5.11 Å². The van der Waals surface area contributed by atoms with Gasteiger partial charge >= 0.3 is 5.97 Å². The van der Waals surface area contributed by atoms with Crippen LogP contribution < -0.4 is 4.90 Å². The van der Waals surface area contributed by atoms with E-state index in [2.05, 4.69) is 0 Å². The summed E-state index contributed by atoms with van der Waals surface area (Å²) in [7, 11) is 0. The molecule has 0 bridgehead atoms. The number of carboxylic acid groups (broad SMARTS) is 1. The van der Waals surface area contributed by atoms with Gasteiger partial charge in [0.1, 0.15) is 5.56 Å². The normalized spacial score (nSPS) is 22.1. The molecule has 1 aromatic rings. The van der Waals surface area contributed by atoms with Gasteiger partial charge in [0.25, 0.3) is 5.69 Å². The Bertz CT molecular complexity index is 576. The van der Waals surface area contributed by atoms with Crippen molar-refractivity contribution >= 4 is 17.3 Å². The van der Waals surface area contributed by atoms with Crippen LogP contribution in [0.5, 0.6) is 0 Å². The second-order valence-electron chi connectivity index (χ2n) is 5.23. The highest BCUT2D eigenvalue weighted by Crippen LogP contribution is 2.34. The Balaban J connectivity index is 2.52. The summed E-state index contributed by atoms with van der Waals surface area (Å²) in [6.45, 7) is 4.55. The number of hydrogen-bond donors (Lipinski definition) is 1. The molecule has 1 aromatic carbocycles. The number of anilines is 1. The van der Waals surface area contributed by atoms with Gasteiger partial charge in [0.2, 0.25) is 0 Å². The molecule has 1 aliphatic heterocycles. The fraction of sp³-hybridized carbons (Fsp3) is 0.462. The third kappa shape index (κ3) is 2.43. The first-order valence-electron chi connectivity index (χ1n) is 6.29. The molecule has 2 rings (SSSR count). The van der Waals surface area contributed by atoms with Crippen molar-refractivity contribution in [1.29, 1.82) is 0 Å². The molecule has 0 saturated carbocycles. The first kappa shape index (κ1) is 14.2. The number of nitro groups is 1. The van der Waals surface area contributed by atoms with Gasteiger partial charge in [-0.3, -0.25) is 10.1 Å². The van der Waals surface area contributed by atoms with E-state index in [1.54, 1.807) is 4.90 Å². The van der Waals surface area contributed by atoms with Gasteiger partial charge in [-0.25, -0.2) is 9.18 Å². The SMILES string of the molecule is CC1CC(C)N(c2cc(C(=O)O)c([N+](=O)[O-])cc2F)C1. The average molecular weight is 282 g/mol. The number of halogens is 1. The van der Waals surface area contributed by atoms with E-state index < -0.39 is 28.0 Å². The zero-order valence-corrected chi connectivity index (χ0v) is 11.2. The summed E-state index contributed by atoms with van der Waals surface area (Å²) < 4.78 is 14.1. The minimum atomic E-state index is -1.43. The van der Waals surface area contributed by atoms with E-state index >= 15 is 0 Å². The fourth-order valence-corrected chi connectivity index (χ4v) is 2.73. The number of benzene rings is 1. The summed E-state index contributed by atoms with van der Waals surface area (Å²) in [4.78, 5) is 22.8. The van der Waals surface area contributed by atoms with Crippen molar-refractivity contribution in [3.8, 4) is 0 Å². The fourth-order valence-electron chi connectivity index (χ4n) is 2.73. The molecule has 2 unspecified atom stereocenters. The molecule has 0 amide bonds. The van der Waals surface area contributed by atoms with Crippen LogP contribution in [0.25, 0.3) is 0 Å². The maximum absolute atomic E-state index is 14.1. The second kappa shape index (κ2) is 5.07. The molecule has 6 nitrogen and oxygen atoms in total. The summed E-state index contributed by atoms with van der Waals surface area (Å²) in [5.74, 6) is -1.83. The van der Waals surface area contributed by atoms with Crippen LogP contribution in [0, 0.1) is 21.8 Å². The predicted molar refractivity (Wildman–Crippen MR) is 70.6 cm³/mol. The number of aromatic carboxylic acids is 1. The molecule has 20 heavy (non-hydrogen) atoms. The summed E-state index contributed by atoms with van der Waals surface area (Å²) in [5.41, 5.74) is -1.10. The lowest BCUT2D eigenvalue weighted by Gasteiger charge is -2.24. The van der Waals surface area contributed by atoms with Crippen molar-refractivity contribution in [2.24, 2.45) is 5.92 Å². The van der Waals surface area contributed by atoms with Crippen LogP contribution in [0.15, 0.2) is 12.1 Å². The molecular weight excluding hydrogens is 267 g/mol. The largest absolute Gasteiger partial charge is 0.477 e. The monoisotopic (exact) mass is 282 g/mol. The Morgan fingerprint density at radius 1 is 1.50 bits per heavy atom. The van der Waals surface area contributed by atoms with Crippen molar-refractivity contribution in [3.63, 3.8) is 0 Å². The van der Waals surface area contributed by atoms with Crippen LogP contribution in [0.3, 0.4) is 0 Å². The van der Waals surface area contributed by atoms with Crippen LogP contribution in [0.4, 0.5) is 15.8 Å². The number of carbonyl (C=O) groups is 1. The van der Waals surface area contributed by atoms with Gasteiger partial charge in [0, 0.05) is 12.6 Å². The molecule has 0 aliphatic carbocycles. The lowest BCUT2D eigenvalue weighted by molar-refractivity contribution is -0.385. The zero-order valence-electron chi connectivity index (χ0n) is 11.2. The standard InChI is InChI=1S/C13H15FN2O4/c1-7-3-8(2)15(6-7)12-4-9(13(17)18)11(16(19)20)5-10(12)14/h4-5,7-8H,3,6H2,1-2H3,(H,17,18). The Kier molecular flexibility index (Phi) is 3.61. The van der Waals surface area contributed by atoms with Crippen molar-refractivity contribution in [1.82, 2.24) is 0 Å². The van der Waals surface area contributed by atoms with E-state index in [9.17, 15) is 19.3 Å². The topological polar surface area (TPSA) is 83.7 Å². The van der Waals surface area contributed by atoms with E-state index in [0.29, 0.717) is 18.5 Å². The summed E-state index contributed by atoms with van der Waals surface area (Å²) in [6, 6.07) is 1.82. The van der Waals surface area contributed by atoms with Crippen LogP contribution in [-0.4, -0.2) is 28.6 Å². The molecular formula is C13H15FN2O4. The van der Waals surface area contributed by atoms with Crippen molar-refractivity contribution < 1.29 is 19.2 Å². The van der Waals surface area contributed by atoms with Gasteiger partial charge < -0.3 is 10.0 Å². The summed E-state index contributed by atoms with van der Waals surface area (Å²) in [5, 5.41) is 19.8. The van der Waals surface area contributed by atoms with Crippen molar-refractivity contribution in [2.75, 3.05) is 11.4 Å². The minimum Gasteiger partial charge on any atom is -0.477 e. The smallest absolute Gasteiger partial charge is 0.342 e. The maximum atomic E-state index is 14.1. The van der Waals surface area contributed by atoms with Gasteiger partial charge in [-0.2, -0.15) is 0 Å². The lowest BCUT2D eigenvalue weighted by Crippen LogP contribution is -2.28. The molecule has 7 heteroatoms. The van der Waals surface area contributed by atoms with Crippen LogP contribution in [0.2, 0.25) is 0 Å². The van der Waals surface area contributed by atoms with Crippen molar-refractivity contribution in [3.05, 3.63) is 33.6 Å². The molecule has 108 valence electrons. The molecule has 0 aromatic heterocycles. The number of carboxylic acids is 1. The number of hydrogen-bond acceptors (Lipinski definition) is 4. The van der Waals surface area contributed by atoms with Crippen LogP contribution in [-0.2, 0) is 0 Å². The third-order valence-electron chi connectivity index (χ3n) is 3.59. The number of nitro benzene ring substituents is 1. The predicted octanol–water partition coefficient (Wildman–Crippen LogP) is 2.67. The molecule has 1 saturated heterocycles. The molecule has 2 atom stereocenters. The number of nitrogens with zero attached hydrogens (tertiary/aromatic N) is 2. The van der Waals surface area contributed by atoms with Gasteiger partial charge in [-0.05, 0) is 25.3 Å². The summed E-state index contributed by atoms with van der Waals surface area (Å²) >= 11 is 0. The van der Waals surface area contributed by atoms with E-state index in [-0.39, 0.29) is 11.7 Å². The third-order valence-corrected chi connectivity index (χ3v) is 3.59.